The van der Waals surface area contributed by atoms with Gasteiger partial charge in [0.15, 0.2) is 0 Å². The van der Waals surface area contributed by atoms with Crippen LogP contribution in [0.3, 0.4) is 0 Å². The molecule has 33 heavy (non-hydrogen) atoms. The van der Waals surface area contributed by atoms with E-state index in [1.165, 1.54) is 18.2 Å². The van der Waals surface area contributed by atoms with Crippen molar-refractivity contribution in [1.82, 2.24) is 14.9 Å². The van der Waals surface area contributed by atoms with Crippen LogP contribution in [-0.4, -0.2) is 21.4 Å². The van der Waals surface area contributed by atoms with Crippen LogP contribution in [0.25, 0.3) is 11.4 Å². The molecule has 174 valence electrons. The highest BCUT2D eigenvalue weighted by molar-refractivity contribution is 5.56. The lowest BCUT2D eigenvalue weighted by atomic mass is 10.0. The largest absolute Gasteiger partial charge is 0.419 e. The molecule has 1 aliphatic rings. The molecule has 0 amide bonds. The van der Waals surface area contributed by atoms with Crippen molar-refractivity contribution in [3.8, 4) is 11.4 Å². The molecule has 0 fully saturated rings. The molecule has 0 bridgehead atoms. The number of alkyl halides is 6. The Morgan fingerprint density at radius 3 is 2.30 bits per heavy atom. The smallest absolute Gasteiger partial charge is 0.306 e. The van der Waals surface area contributed by atoms with Crippen LogP contribution in [0.15, 0.2) is 47.3 Å². The third-order valence-electron chi connectivity index (χ3n) is 5.42. The van der Waals surface area contributed by atoms with E-state index in [0.29, 0.717) is 23.9 Å². The third kappa shape index (κ3) is 4.77. The zero-order valence-electron chi connectivity index (χ0n) is 16.8. The number of rotatable bonds is 3. The highest BCUT2D eigenvalue weighted by Crippen LogP contribution is 2.33. The molecule has 1 aliphatic heterocycles. The van der Waals surface area contributed by atoms with Crippen LogP contribution >= 0.6 is 0 Å². The molecule has 0 atom stereocenters. The molecule has 0 saturated carbocycles. The predicted octanol–water partition coefficient (Wildman–Crippen LogP) is 5.17. The standard InChI is InChI=1S/C22H16F7N3O/c23-18-13(2-1-3-16(18)22(27,28)29)10-32-9-8-15-17(11-32)30-19(31-20(15)33)12-4-6-14(7-5-12)21(24,25)26/h1-7H,8-11H2,(H,30,31,33). The molecular formula is C22H16F7N3O. The summed E-state index contributed by atoms with van der Waals surface area (Å²) in [5.74, 6) is -1.28. The minimum absolute atomic E-state index is 0.0690. The molecule has 0 spiro atoms. The summed E-state index contributed by atoms with van der Waals surface area (Å²) in [7, 11) is 0. The number of benzene rings is 2. The summed E-state index contributed by atoms with van der Waals surface area (Å²) < 4.78 is 91.7. The molecule has 0 radical (unpaired) electrons. The van der Waals surface area contributed by atoms with Crippen LogP contribution in [-0.2, 0) is 31.9 Å². The van der Waals surface area contributed by atoms with Crippen molar-refractivity contribution < 1.29 is 30.7 Å². The second kappa shape index (κ2) is 8.29. The number of nitrogens with one attached hydrogen (secondary N) is 1. The maximum absolute atomic E-state index is 14.4. The van der Waals surface area contributed by atoms with E-state index in [1.807, 2.05) is 0 Å². The van der Waals surface area contributed by atoms with Crippen molar-refractivity contribution >= 4 is 0 Å². The summed E-state index contributed by atoms with van der Waals surface area (Å²) in [4.78, 5) is 21.0. The van der Waals surface area contributed by atoms with Crippen molar-refractivity contribution in [2.75, 3.05) is 6.54 Å². The summed E-state index contributed by atoms with van der Waals surface area (Å²) >= 11 is 0. The number of aromatic nitrogens is 2. The van der Waals surface area contributed by atoms with Gasteiger partial charge < -0.3 is 4.98 Å². The predicted molar refractivity (Wildman–Crippen MR) is 105 cm³/mol. The molecule has 4 nitrogen and oxygen atoms in total. The molecule has 1 aromatic heterocycles. The fourth-order valence-electron chi connectivity index (χ4n) is 3.74. The van der Waals surface area contributed by atoms with Gasteiger partial charge in [0, 0.05) is 36.3 Å². The van der Waals surface area contributed by atoms with E-state index in [-0.39, 0.29) is 36.5 Å². The highest BCUT2D eigenvalue weighted by Gasteiger charge is 2.35. The quantitative estimate of drug-likeness (QED) is 0.537. The van der Waals surface area contributed by atoms with E-state index < -0.39 is 34.9 Å². The van der Waals surface area contributed by atoms with Crippen LogP contribution in [0, 0.1) is 5.82 Å². The van der Waals surface area contributed by atoms with Crippen molar-refractivity contribution in [3.05, 3.63) is 86.6 Å². The SMILES string of the molecule is O=c1[nH]c(-c2ccc(C(F)(F)F)cc2)nc2c1CCN(Cc1cccc(C(F)(F)F)c1F)C2. The molecule has 4 rings (SSSR count). The molecule has 11 heteroatoms. The van der Waals surface area contributed by atoms with E-state index in [1.54, 1.807) is 4.90 Å². The Hall–Kier alpha value is -3.21. The maximum atomic E-state index is 14.4. The van der Waals surface area contributed by atoms with Gasteiger partial charge in [-0.2, -0.15) is 26.3 Å². The van der Waals surface area contributed by atoms with Gasteiger partial charge in [0.2, 0.25) is 0 Å². The zero-order chi connectivity index (χ0) is 24.0. The van der Waals surface area contributed by atoms with Crippen molar-refractivity contribution in [3.63, 3.8) is 0 Å². The Labute approximate surface area is 182 Å². The monoisotopic (exact) mass is 471 g/mol. The fourth-order valence-corrected chi connectivity index (χ4v) is 3.74. The molecule has 1 N–H and O–H groups in total. The molecular weight excluding hydrogens is 455 g/mol. The number of H-pyrrole nitrogens is 1. The lowest BCUT2D eigenvalue weighted by Crippen LogP contribution is -2.35. The van der Waals surface area contributed by atoms with Gasteiger partial charge in [-0.05, 0) is 24.6 Å². The summed E-state index contributed by atoms with van der Waals surface area (Å²) in [6, 6.07) is 7.18. The Kier molecular flexibility index (Phi) is 5.77. The van der Waals surface area contributed by atoms with Crippen LogP contribution in [0.4, 0.5) is 30.7 Å². The topological polar surface area (TPSA) is 49.0 Å². The van der Waals surface area contributed by atoms with Crippen LogP contribution in [0.1, 0.15) is 27.9 Å². The first-order chi connectivity index (χ1) is 15.4. The van der Waals surface area contributed by atoms with E-state index in [4.69, 9.17) is 0 Å². The number of halogens is 7. The van der Waals surface area contributed by atoms with Gasteiger partial charge >= 0.3 is 12.4 Å². The second-order valence-corrected chi connectivity index (χ2v) is 7.65. The molecule has 2 aromatic carbocycles. The Morgan fingerprint density at radius 2 is 1.67 bits per heavy atom. The molecule has 2 heterocycles. The lowest BCUT2D eigenvalue weighted by Gasteiger charge is -2.28. The minimum Gasteiger partial charge on any atom is -0.306 e. The first-order valence-electron chi connectivity index (χ1n) is 9.80. The Bertz CT molecular complexity index is 1230. The molecule has 0 aliphatic carbocycles. The Morgan fingerprint density at radius 1 is 0.970 bits per heavy atom. The van der Waals surface area contributed by atoms with E-state index in [2.05, 4.69) is 9.97 Å². The fraction of sp³-hybridized carbons (Fsp3) is 0.273. The van der Waals surface area contributed by atoms with Gasteiger partial charge in [0.1, 0.15) is 11.6 Å². The van der Waals surface area contributed by atoms with Gasteiger partial charge in [-0.1, -0.05) is 24.3 Å². The van der Waals surface area contributed by atoms with Crippen LogP contribution < -0.4 is 5.56 Å². The number of aromatic amines is 1. The Balaban J connectivity index is 1.59. The number of fused-ring (bicyclic) bond motifs is 1. The summed E-state index contributed by atoms with van der Waals surface area (Å²) in [5.41, 5.74) is -1.79. The maximum Gasteiger partial charge on any atom is 0.419 e. The molecule has 0 unspecified atom stereocenters. The van der Waals surface area contributed by atoms with Gasteiger partial charge in [-0.3, -0.25) is 9.69 Å². The van der Waals surface area contributed by atoms with Crippen molar-refractivity contribution in [2.24, 2.45) is 0 Å². The van der Waals surface area contributed by atoms with E-state index >= 15 is 0 Å². The van der Waals surface area contributed by atoms with E-state index in [0.717, 1.165) is 18.2 Å². The van der Waals surface area contributed by atoms with Gasteiger partial charge in [0.25, 0.3) is 5.56 Å². The van der Waals surface area contributed by atoms with Crippen molar-refractivity contribution in [2.45, 2.75) is 31.9 Å². The highest BCUT2D eigenvalue weighted by atomic mass is 19.4. The van der Waals surface area contributed by atoms with E-state index in [9.17, 15) is 35.5 Å². The number of hydrogen-bond acceptors (Lipinski definition) is 3. The van der Waals surface area contributed by atoms with Crippen LogP contribution in [0.2, 0.25) is 0 Å². The average Bonchev–Trinajstić information content (AvgIpc) is 2.73. The second-order valence-electron chi connectivity index (χ2n) is 7.65. The first-order valence-corrected chi connectivity index (χ1v) is 9.80. The van der Waals surface area contributed by atoms with Gasteiger partial charge in [-0.15, -0.1) is 0 Å². The summed E-state index contributed by atoms with van der Waals surface area (Å²) in [6.07, 6.45) is -9.08. The summed E-state index contributed by atoms with van der Waals surface area (Å²) in [5, 5.41) is 0. The lowest BCUT2D eigenvalue weighted by molar-refractivity contribution is -0.140. The number of hydrogen-bond donors (Lipinski definition) is 1. The van der Waals surface area contributed by atoms with Gasteiger partial charge in [0.05, 0.1) is 16.8 Å². The summed E-state index contributed by atoms with van der Waals surface area (Å²) in [6.45, 7) is 0.245. The zero-order valence-corrected chi connectivity index (χ0v) is 16.8. The first kappa shape index (κ1) is 23.0. The minimum atomic E-state index is -4.82. The number of nitrogens with zero attached hydrogens (tertiary/aromatic N) is 2. The average molecular weight is 471 g/mol. The van der Waals surface area contributed by atoms with Crippen molar-refractivity contribution in [1.29, 1.82) is 0 Å². The molecule has 3 aromatic rings. The third-order valence-corrected chi connectivity index (χ3v) is 5.42. The normalized spacial score (nSPS) is 14.9. The van der Waals surface area contributed by atoms with Gasteiger partial charge in [-0.25, -0.2) is 9.37 Å². The van der Waals surface area contributed by atoms with Crippen LogP contribution in [0.5, 0.6) is 0 Å². The molecule has 0 saturated heterocycles.